The molecule has 2 aliphatic rings. The summed E-state index contributed by atoms with van der Waals surface area (Å²) >= 11 is 0. The van der Waals surface area contributed by atoms with E-state index in [0.717, 1.165) is 36.8 Å². The van der Waals surface area contributed by atoms with Crippen molar-refractivity contribution >= 4 is 27.0 Å². The Bertz CT molecular complexity index is 1270. The summed E-state index contributed by atoms with van der Waals surface area (Å²) in [6, 6.07) is 15.0. The number of nitrogens with zero attached hydrogens (tertiary/aromatic N) is 2. The Kier molecular flexibility index (Phi) is 6.93. The number of imidazole rings is 1. The van der Waals surface area contributed by atoms with Crippen LogP contribution in [0.4, 0.5) is 0 Å². The predicted octanol–water partition coefficient (Wildman–Crippen LogP) is 4.86. The number of nitrogens with one attached hydrogen (secondary N) is 2. The second-order valence-electron chi connectivity index (χ2n) is 10.0. The maximum absolute atomic E-state index is 13.1. The van der Waals surface area contributed by atoms with Crippen molar-refractivity contribution in [2.45, 2.75) is 74.8 Å². The van der Waals surface area contributed by atoms with Crippen LogP contribution >= 0.6 is 0 Å². The molecule has 2 aromatic carbocycles. The molecule has 2 fully saturated rings. The van der Waals surface area contributed by atoms with Crippen molar-refractivity contribution in [3.05, 3.63) is 48.5 Å². The zero-order chi connectivity index (χ0) is 24.4. The summed E-state index contributed by atoms with van der Waals surface area (Å²) < 4.78 is 29.1. The molecule has 0 spiro atoms. The van der Waals surface area contributed by atoms with Gasteiger partial charge in [-0.15, -0.1) is 0 Å². The zero-order valence-corrected chi connectivity index (χ0v) is 21.1. The minimum atomic E-state index is -3.67. The van der Waals surface area contributed by atoms with Crippen LogP contribution in [0, 0.1) is 5.92 Å². The van der Waals surface area contributed by atoms with Crippen molar-refractivity contribution in [3.63, 3.8) is 0 Å². The number of carbonyl (C=O) groups is 1. The van der Waals surface area contributed by atoms with E-state index in [-0.39, 0.29) is 22.8 Å². The van der Waals surface area contributed by atoms with Crippen LogP contribution in [0.3, 0.4) is 0 Å². The number of benzene rings is 2. The Hall–Kier alpha value is -2.71. The fourth-order valence-electron chi connectivity index (χ4n) is 5.57. The highest BCUT2D eigenvalue weighted by Crippen LogP contribution is 2.30. The summed E-state index contributed by atoms with van der Waals surface area (Å²) in [5, 5.41) is 0. The van der Waals surface area contributed by atoms with Crippen molar-refractivity contribution < 1.29 is 13.2 Å². The lowest BCUT2D eigenvalue weighted by Gasteiger charge is -2.36. The third kappa shape index (κ3) is 5.28. The van der Waals surface area contributed by atoms with Crippen molar-refractivity contribution in [1.82, 2.24) is 19.6 Å². The van der Waals surface area contributed by atoms with Crippen molar-refractivity contribution in [2.24, 2.45) is 5.92 Å². The van der Waals surface area contributed by atoms with Crippen LogP contribution < -0.4 is 4.72 Å². The van der Waals surface area contributed by atoms with Gasteiger partial charge in [-0.2, -0.15) is 0 Å². The third-order valence-corrected chi connectivity index (χ3v) is 9.20. The molecular weight excluding hydrogens is 460 g/mol. The van der Waals surface area contributed by atoms with Gasteiger partial charge in [0.25, 0.3) is 0 Å². The number of fused-ring (bicyclic) bond motifs is 1. The summed E-state index contributed by atoms with van der Waals surface area (Å²) in [4.78, 5) is 23.0. The molecular formula is C27H34N4O3S. The fourth-order valence-corrected chi connectivity index (χ4v) is 6.90. The third-order valence-electron chi connectivity index (χ3n) is 7.68. The zero-order valence-electron chi connectivity index (χ0n) is 20.2. The van der Waals surface area contributed by atoms with Gasteiger partial charge in [-0.3, -0.25) is 4.79 Å². The minimum absolute atomic E-state index is 0.000399. The van der Waals surface area contributed by atoms with Gasteiger partial charge in [-0.05, 0) is 56.7 Å². The molecule has 8 heteroatoms. The number of aromatic nitrogens is 2. The number of rotatable bonds is 6. The largest absolute Gasteiger partial charge is 0.343 e. The molecule has 0 saturated heterocycles. The number of hydrogen-bond donors (Lipinski definition) is 2. The van der Waals surface area contributed by atoms with E-state index in [1.165, 1.54) is 19.3 Å². The van der Waals surface area contributed by atoms with Crippen LogP contribution in [0.1, 0.15) is 57.8 Å². The fraction of sp³-hybridized carbons (Fsp3) is 0.481. The molecule has 5 rings (SSSR count). The topological polar surface area (TPSA) is 95.2 Å². The Morgan fingerprint density at radius 1 is 0.971 bits per heavy atom. The van der Waals surface area contributed by atoms with Crippen molar-refractivity contribution in [1.29, 1.82) is 0 Å². The predicted molar refractivity (Wildman–Crippen MR) is 137 cm³/mol. The Morgan fingerprint density at radius 3 is 2.40 bits per heavy atom. The molecule has 7 nitrogen and oxygen atoms in total. The van der Waals surface area contributed by atoms with Gasteiger partial charge in [0.05, 0.1) is 15.9 Å². The van der Waals surface area contributed by atoms with E-state index < -0.39 is 10.0 Å². The average molecular weight is 495 g/mol. The molecule has 3 aromatic rings. The second-order valence-corrected chi connectivity index (χ2v) is 11.8. The van der Waals surface area contributed by atoms with Gasteiger partial charge in [0.1, 0.15) is 5.82 Å². The molecule has 0 bridgehead atoms. The SMILES string of the molecule is CN(C(=O)C1CCC(NS(=O)(=O)c2ccc3nc(-c4ccccc4)[nH]c3c2)CC1)C1CCCCC1. The van der Waals surface area contributed by atoms with E-state index in [2.05, 4.69) is 14.7 Å². The second kappa shape index (κ2) is 10.1. The van der Waals surface area contributed by atoms with Gasteiger partial charge in [0.2, 0.25) is 15.9 Å². The molecule has 2 saturated carbocycles. The molecule has 1 heterocycles. The van der Waals surface area contributed by atoms with Crippen LogP contribution in [-0.2, 0) is 14.8 Å². The highest BCUT2D eigenvalue weighted by atomic mass is 32.2. The van der Waals surface area contributed by atoms with E-state index in [1.54, 1.807) is 18.2 Å². The summed E-state index contributed by atoms with van der Waals surface area (Å²) in [6.45, 7) is 0. The van der Waals surface area contributed by atoms with E-state index >= 15 is 0 Å². The molecule has 1 aromatic heterocycles. The molecule has 0 unspecified atom stereocenters. The van der Waals surface area contributed by atoms with Crippen LogP contribution in [-0.4, -0.2) is 48.3 Å². The highest BCUT2D eigenvalue weighted by Gasteiger charge is 2.33. The van der Waals surface area contributed by atoms with Crippen LogP contribution in [0.2, 0.25) is 0 Å². The van der Waals surface area contributed by atoms with E-state index in [0.29, 0.717) is 30.2 Å². The number of hydrogen-bond acceptors (Lipinski definition) is 4. The summed E-state index contributed by atoms with van der Waals surface area (Å²) in [5.41, 5.74) is 2.36. The minimum Gasteiger partial charge on any atom is -0.343 e. The molecule has 2 aliphatic carbocycles. The number of H-pyrrole nitrogens is 1. The molecule has 0 aliphatic heterocycles. The quantitative estimate of drug-likeness (QED) is 0.512. The summed E-state index contributed by atoms with van der Waals surface area (Å²) in [5.74, 6) is 0.946. The van der Waals surface area contributed by atoms with Crippen molar-refractivity contribution in [2.75, 3.05) is 7.05 Å². The van der Waals surface area contributed by atoms with E-state index in [9.17, 15) is 13.2 Å². The van der Waals surface area contributed by atoms with Crippen LogP contribution in [0.25, 0.3) is 22.4 Å². The van der Waals surface area contributed by atoms with Crippen molar-refractivity contribution in [3.8, 4) is 11.4 Å². The van der Waals surface area contributed by atoms with Gasteiger partial charge < -0.3 is 9.88 Å². The lowest BCUT2D eigenvalue weighted by Crippen LogP contribution is -2.44. The van der Waals surface area contributed by atoms with E-state index in [1.807, 2.05) is 42.3 Å². The maximum atomic E-state index is 13.1. The normalized spacial score (nSPS) is 21.7. The Labute approximate surface area is 207 Å². The molecule has 0 radical (unpaired) electrons. The molecule has 186 valence electrons. The van der Waals surface area contributed by atoms with E-state index in [4.69, 9.17) is 0 Å². The highest BCUT2D eigenvalue weighted by molar-refractivity contribution is 7.89. The first-order valence-corrected chi connectivity index (χ1v) is 14.2. The first-order chi connectivity index (χ1) is 16.9. The first kappa shape index (κ1) is 24.0. The van der Waals surface area contributed by atoms with Crippen LogP contribution in [0.5, 0.6) is 0 Å². The maximum Gasteiger partial charge on any atom is 0.240 e. The summed E-state index contributed by atoms with van der Waals surface area (Å²) in [6.07, 6.45) is 8.69. The van der Waals surface area contributed by atoms with Gasteiger partial charge in [0.15, 0.2) is 0 Å². The number of amides is 1. The molecule has 35 heavy (non-hydrogen) atoms. The molecule has 2 N–H and O–H groups in total. The smallest absolute Gasteiger partial charge is 0.240 e. The van der Waals surface area contributed by atoms with Gasteiger partial charge >= 0.3 is 0 Å². The number of sulfonamides is 1. The molecule has 0 atom stereocenters. The monoisotopic (exact) mass is 494 g/mol. The Balaban J connectivity index is 1.21. The first-order valence-electron chi connectivity index (χ1n) is 12.7. The Morgan fingerprint density at radius 2 is 1.69 bits per heavy atom. The van der Waals surface area contributed by atoms with Crippen LogP contribution in [0.15, 0.2) is 53.4 Å². The number of aromatic amines is 1. The standard InChI is InChI=1S/C27H34N4O3S/c1-31(22-10-6-3-7-11-22)27(32)20-12-14-21(15-13-20)30-35(33,34)23-16-17-24-25(18-23)29-26(28-24)19-8-4-2-5-9-19/h2,4-5,8-9,16-18,20-22,30H,3,6-7,10-15H2,1H3,(H,28,29). The molecule has 1 amide bonds. The van der Waals surface area contributed by atoms with Gasteiger partial charge in [0, 0.05) is 30.6 Å². The lowest BCUT2D eigenvalue weighted by molar-refractivity contribution is -0.138. The van der Waals surface area contributed by atoms with Gasteiger partial charge in [-0.1, -0.05) is 49.6 Å². The summed E-state index contributed by atoms with van der Waals surface area (Å²) in [7, 11) is -1.72. The lowest BCUT2D eigenvalue weighted by atomic mass is 9.84. The van der Waals surface area contributed by atoms with Gasteiger partial charge in [-0.25, -0.2) is 18.1 Å². The number of carbonyl (C=O) groups excluding carboxylic acids is 1. The average Bonchev–Trinajstić information content (AvgIpc) is 3.33.